The van der Waals surface area contributed by atoms with Crippen molar-refractivity contribution in [3.05, 3.63) is 64.2 Å². The number of carbonyl (C=O) groups excluding carboxylic acids is 2. The number of benzene rings is 2. The number of nitrogens with zero attached hydrogens (tertiary/aromatic N) is 2. The van der Waals surface area contributed by atoms with E-state index in [4.69, 9.17) is 4.74 Å². The lowest BCUT2D eigenvalue weighted by Gasteiger charge is -2.18. The molecule has 2 aromatic carbocycles. The third kappa shape index (κ3) is 6.02. The highest BCUT2D eigenvalue weighted by molar-refractivity contribution is 7.89. The average Bonchev–Trinajstić information content (AvgIpc) is 2.69. The van der Waals surface area contributed by atoms with Crippen LogP contribution in [-0.4, -0.2) is 49.2 Å². The molecule has 0 saturated heterocycles. The predicted molar refractivity (Wildman–Crippen MR) is 103 cm³/mol. The van der Waals surface area contributed by atoms with Crippen molar-refractivity contribution in [1.82, 2.24) is 4.31 Å². The second kappa shape index (κ2) is 9.57. The van der Waals surface area contributed by atoms with Crippen LogP contribution in [0.3, 0.4) is 0 Å². The van der Waals surface area contributed by atoms with Crippen molar-refractivity contribution < 1.29 is 36.4 Å². The lowest BCUT2D eigenvalue weighted by Crippen LogP contribution is -2.37. The van der Waals surface area contributed by atoms with E-state index in [1.165, 1.54) is 6.92 Å². The van der Waals surface area contributed by atoms with Gasteiger partial charge < -0.3 is 10.1 Å². The molecule has 1 amide bonds. The fourth-order valence-electron chi connectivity index (χ4n) is 2.32. The largest absolute Gasteiger partial charge is 0.452 e. The minimum Gasteiger partial charge on any atom is -0.452 e. The van der Waals surface area contributed by atoms with E-state index in [0.717, 1.165) is 49.5 Å². The number of nitro benzene ring substituents is 1. The van der Waals surface area contributed by atoms with E-state index in [1.807, 2.05) is 0 Å². The van der Waals surface area contributed by atoms with Gasteiger partial charge in [0.15, 0.2) is 6.10 Å². The molecular weight excluding hydrogens is 440 g/mol. The van der Waals surface area contributed by atoms with Gasteiger partial charge in [-0.2, -0.15) is 8.70 Å². The molecule has 1 atom stereocenters. The molecule has 0 aromatic heterocycles. The predicted octanol–water partition coefficient (Wildman–Crippen LogP) is 2.06. The molecule has 166 valence electrons. The number of ether oxygens (including phenoxy) is 1. The molecule has 2 rings (SSSR count). The molecule has 0 aliphatic carbocycles. The lowest BCUT2D eigenvalue weighted by molar-refractivity contribution is -0.387. The van der Waals surface area contributed by atoms with E-state index in [2.05, 4.69) is 5.32 Å². The van der Waals surface area contributed by atoms with Gasteiger partial charge in [-0.3, -0.25) is 19.7 Å². The summed E-state index contributed by atoms with van der Waals surface area (Å²) in [5.41, 5.74) is -0.952. The molecular formula is C18H17F2N3O7S. The summed E-state index contributed by atoms with van der Waals surface area (Å²) in [7, 11) is -3.01. The van der Waals surface area contributed by atoms with Crippen LogP contribution in [-0.2, 0) is 24.3 Å². The number of esters is 1. The van der Waals surface area contributed by atoms with Gasteiger partial charge in [0, 0.05) is 18.8 Å². The fourth-order valence-corrected chi connectivity index (χ4v) is 3.43. The monoisotopic (exact) mass is 457 g/mol. The summed E-state index contributed by atoms with van der Waals surface area (Å²) in [5, 5.41) is 13.0. The highest BCUT2D eigenvalue weighted by Crippen LogP contribution is 2.22. The van der Waals surface area contributed by atoms with Crippen LogP contribution in [0.15, 0.2) is 47.4 Å². The van der Waals surface area contributed by atoms with Crippen molar-refractivity contribution in [2.24, 2.45) is 0 Å². The van der Waals surface area contributed by atoms with Crippen LogP contribution in [0.5, 0.6) is 0 Å². The zero-order valence-corrected chi connectivity index (χ0v) is 17.1. The Morgan fingerprint density at radius 2 is 1.81 bits per heavy atom. The third-order valence-electron chi connectivity index (χ3n) is 3.96. The quantitative estimate of drug-likeness (QED) is 0.364. The molecule has 0 aliphatic rings. The van der Waals surface area contributed by atoms with Gasteiger partial charge in [0.1, 0.15) is 12.4 Å². The number of hydrogen-bond acceptors (Lipinski definition) is 7. The van der Waals surface area contributed by atoms with Crippen LogP contribution >= 0.6 is 0 Å². The molecule has 1 N–H and O–H groups in total. The Balaban J connectivity index is 1.98. The van der Waals surface area contributed by atoms with E-state index in [9.17, 15) is 36.9 Å². The maximum absolute atomic E-state index is 13.4. The van der Waals surface area contributed by atoms with Crippen LogP contribution in [0, 0.1) is 21.7 Å². The molecule has 0 fully saturated rings. The van der Waals surface area contributed by atoms with Crippen molar-refractivity contribution in [2.75, 3.05) is 18.9 Å². The van der Waals surface area contributed by atoms with Crippen LogP contribution in [0.4, 0.5) is 20.2 Å². The number of rotatable bonds is 8. The highest BCUT2D eigenvalue weighted by Gasteiger charge is 2.26. The van der Waals surface area contributed by atoms with Crippen molar-refractivity contribution in [3.8, 4) is 0 Å². The SMILES string of the molecule is CC(OC(=O)CN(C)S(=O)(=O)c1ccc(F)cc1)C(=O)Nc1ccc(F)c([N+](=O)[O-])c1. The third-order valence-corrected chi connectivity index (χ3v) is 5.78. The topological polar surface area (TPSA) is 136 Å². The van der Waals surface area contributed by atoms with E-state index >= 15 is 0 Å². The Kier molecular flexibility index (Phi) is 7.36. The van der Waals surface area contributed by atoms with Crippen LogP contribution in [0.25, 0.3) is 0 Å². The number of likely N-dealkylation sites (N-methyl/N-ethyl adjacent to an activating group) is 1. The fraction of sp³-hybridized carbons (Fsp3) is 0.222. The van der Waals surface area contributed by atoms with E-state index in [-0.39, 0.29) is 10.6 Å². The average molecular weight is 457 g/mol. The Bertz CT molecular complexity index is 1110. The molecule has 0 heterocycles. The Hall–Kier alpha value is -3.45. The van der Waals surface area contributed by atoms with E-state index < -0.39 is 56.8 Å². The first-order chi connectivity index (χ1) is 14.4. The Labute approximate surface area is 175 Å². The molecule has 1 unspecified atom stereocenters. The molecule has 0 aliphatic heterocycles. The maximum Gasteiger partial charge on any atom is 0.322 e. The zero-order valence-electron chi connectivity index (χ0n) is 16.2. The van der Waals surface area contributed by atoms with E-state index in [1.54, 1.807) is 0 Å². The molecule has 0 radical (unpaired) electrons. The van der Waals surface area contributed by atoms with Crippen LogP contribution in [0.1, 0.15) is 6.92 Å². The van der Waals surface area contributed by atoms with Gasteiger partial charge in [-0.05, 0) is 43.3 Å². The molecule has 2 aromatic rings. The number of amides is 1. The molecule has 0 saturated carbocycles. The lowest BCUT2D eigenvalue weighted by atomic mass is 10.2. The standard InChI is InChI=1S/C18H17F2N3O7S/c1-11(18(25)21-13-5-8-15(20)16(9-13)23(26)27)30-17(24)10-22(2)31(28,29)14-6-3-12(19)4-7-14/h3-9,11H,10H2,1-2H3,(H,21,25). The summed E-state index contributed by atoms with van der Waals surface area (Å²) in [4.78, 5) is 33.7. The summed E-state index contributed by atoms with van der Waals surface area (Å²) in [6, 6.07) is 6.63. The minimum atomic E-state index is -4.11. The normalized spacial score (nSPS) is 12.3. The van der Waals surface area contributed by atoms with Crippen LogP contribution < -0.4 is 5.32 Å². The summed E-state index contributed by atoms with van der Waals surface area (Å²) >= 11 is 0. The maximum atomic E-state index is 13.4. The minimum absolute atomic E-state index is 0.1000. The smallest absolute Gasteiger partial charge is 0.322 e. The molecule has 0 bridgehead atoms. The van der Waals surface area contributed by atoms with Gasteiger partial charge in [0.2, 0.25) is 15.8 Å². The van der Waals surface area contributed by atoms with Crippen molar-refractivity contribution >= 4 is 33.3 Å². The molecule has 31 heavy (non-hydrogen) atoms. The summed E-state index contributed by atoms with van der Waals surface area (Å²) in [5.74, 6) is -3.65. The van der Waals surface area contributed by atoms with Gasteiger partial charge in [-0.1, -0.05) is 0 Å². The first-order valence-corrected chi connectivity index (χ1v) is 10.0. The first kappa shape index (κ1) is 23.8. The van der Waals surface area contributed by atoms with E-state index in [0.29, 0.717) is 4.31 Å². The zero-order chi connectivity index (χ0) is 23.3. The van der Waals surface area contributed by atoms with Gasteiger partial charge >= 0.3 is 11.7 Å². The number of hydrogen-bond donors (Lipinski definition) is 1. The van der Waals surface area contributed by atoms with Crippen LogP contribution in [0.2, 0.25) is 0 Å². The van der Waals surface area contributed by atoms with Gasteiger partial charge in [-0.15, -0.1) is 0 Å². The van der Waals surface area contributed by atoms with Gasteiger partial charge in [0.05, 0.1) is 9.82 Å². The van der Waals surface area contributed by atoms with Gasteiger partial charge in [0.25, 0.3) is 5.91 Å². The second-order valence-electron chi connectivity index (χ2n) is 6.26. The molecule has 0 spiro atoms. The number of anilines is 1. The van der Waals surface area contributed by atoms with Crippen molar-refractivity contribution in [1.29, 1.82) is 0 Å². The number of halogens is 2. The summed E-state index contributed by atoms with van der Waals surface area (Å²) in [6.07, 6.45) is -1.39. The number of nitro groups is 1. The molecule has 10 nitrogen and oxygen atoms in total. The number of nitrogens with one attached hydrogen (secondary N) is 1. The summed E-state index contributed by atoms with van der Waals surface area (Å²) in [6.45, 7) is 0.457. The van der Waals surface area contributed by atoms with Gasteiger partial charge in [-0.25, -0.2) is 12.8 Å². The molecule has 13 heteroatoms. The second-order valence-corrected chi connectivity index (χ2v) is 8.30. The van der Waals surface area contributed by atoms with Crippen molar-refractivity contribution in [2.45, 2.75) is 17.9 Å². The van der Waals surface area contributed by atoms with Crippen molar-refractivity contribution in [3.63, 3.8) is 0 Å². The number of sulfonamides is 1. The Morgan fingerprint density at radius 1 is 1.19 bits per heavy atom. The first-order valence-electron chi connectivity index (χ1n) is 8.58. The Morgan fingerprint density at radius 3 is 2.39 bits per heavy atom. The summed E-state index contributed by atoms with van der Waals surface area (Å²) < 4.78 is 56.6. The highest BCUT2D eigenvalue weighted by atomic mass is 32.2. The number of carbonyl (C=O) groups is 2.